The maximum absolute atomic E-state index is 11.7. The number of carbonyl (C=O) groups is 2. The summed E-state index contributed by atoms with van der Waals surface area (Å²) < 4.78 is 5.99. The van der Waals surface area contributed by atoms with Crippen LogP contribution in [0, 0.1) is 0 Å². The number of nitrogens with zero attached hydrogens (tertiary/aromatic N) is 4. The van der Waals surface area contributed by atoms with Gasteiger partial charge < -0.3 is 9.84 Å². The predicted octanol–water partition coefficient (Wildman–Crippen LogP) is -1.21. The molecular weight excluding hydrogens is 228 g/mol. The maximum Gasteiger partial charge on any atom is 0.416 e. The van der Waals surface area contributed by atoms with Gasteiger partial charge in [-0.05, 0) is 0 Å². The van der Waals surface area contributed by atoms with E-state index in [0.29, 0.717) is 12.1 Å². The Morgan fingerprint density at radius 3 is 3.06 bits per heavy atom. The molecule has 1 aliphatic rings. The molecule has 0 aromatic carbocycles. The Morgan fingerprint density at radius 1 is 1.59 bits per heavy atom. The number of amides is 2. The summed E-state index contributed by atoms with van der Waals surface area (Å²) in [5, 5.41) is 16.2. The Labute approximate surface area is 96.8 Å². The first-order valence-electron chi connectivity index (χ1n) is 5.17. The van der Waals surface area contributed by atoms with Crippen LogP contribution < -0.4 is 0 Å². The lowest BCUT2D eigenvalue weighted by atomic mass is 10.3. The highest BCUT2D eigenvalue weighted by Crippen LogP contribution is 2.05. The van der Waals surface area contributed by atoms with Crippen LogP contribution in [0.5, 0.6) is 0 Å². The number of aromatic nitrogens is 3. The molecule has 0 atom stereocenters. The van der Waals surface area contributed by atoms with Crippen LogP contribution in [0.25, 0.3) is 0 Å². The van der Waals surface area contributed by atoms with Crippen molar-refractivity contribution in [3.05, 3.63) is 11.9 Å². The molecule has 1 aromatic rings. The Hall–Kier alpha value is -1.96. The van der Waals surface area contributed by atoms with E-state index in [2.05, 4.69) is 15.0 Å². The van der Waals surface area contributed by atoms with E-state index >= 15 is 0 Å². The zero-order chi connectivity index (χ0) is 12.3. The predicted molar refractivity (Wildman–Crippen MR) is 53.9 cm³/mol. The summed E-state index contributed by atoms with van der Waals surface area (Å²) in [6.07, 6.45) is 1.33. The summed E-state index contributed by atoms with van der Waals surface area (Å²) in [6.45, 7) is 0.423. The first-order chi connectivity index (χ1) is 8.20. The molecule has 2 rings (SSSR count). The van der Waals surface area contributed by atoms with E-state index in [1.165, 1.54) is 4.68 Å². The van der Waals surface area contributed by atoms with Gasteiger partial charge in [0, 0.05) is 19.2 Å². The molecule has 92 valence electrons. The molecule has 1 saturated heterocycles. The van der Waals surface area contributed by atoms with Gasteiger partial charge in [0.1, 0.15) is 13.2 Å². The second-order valence-electron chi connectivity index (χ2n) is 3.54. The third-order valence-corrected chi connectivity index (χ3v) is 2.31. The van der Waals surface area contributed by atoms with Crippen LogP contribution in [-0.4, -0.2) is 56.8 Å². The second-order valence-corrected chi connectivity index (χ2v) is 3.54. The Kier molecular flexibility index (Phi) is 3.33. The largest absolute Gasteiger partial charge is 0.447 e. The van der Waals surface area contributed by atoms with Crippen molar-refractivity contribution in [2.45, 2.75) is 13.0 Å². The number of ether oxygens (including phenoxy) is 1. The molecule has 0 radical (unpaired) electrons. The van der Waals surface area contributed by atoms with Gasteiger partial charge in [-0.2, -0.15) is 0 Å². The average Bonchev–Trinajstić information content (AvgIpc) is 2.88. The van der Waals surface area contributed by atoms with E-state index in [4.69, 9.17) is 5.11 Å². The SMILES string of the molecule is O=C(Cn1cc(CCO)nn1)N1CCOC1=O. The fourth-order valence-corrected chi connectivity index (χ4v) is 1.49. The lowest BCUT2D eigenvalue weighted by Crippen LogP contribution is -2.34. The van der Waals surface area contributed by atoms with E-state index in [9.17, 15) is 9.59 Å². The standard InChI is InChI=1S/C9H12N4O4/c14-3-1-7-5-12(11-10-7)6-8(15)13-2-4-17-9(13)16/h5,14H,1-4,6H2. The number of hydrogen-bond donors (Lipinski definition) is 1. The summed E-state index contributed by atoms with van der Waals surface area (Å²) in [5.41, 5.74) is 0.601. The molecule has 0 aliphatic carbocycles. The molecule has 2 amide bonds. The number of aliphatic hydroxyl groups is 1. The minimum Gasteiger partial charge on any atom is -0.447 e. The van der Waals surface area contributed by atoms with Gasteiger partial charge in [-0.15, -0.1) is 5.10 Å². The monoisotopic (exact) mass is 240 g/mol. The normalized spacial score (nSPS) is 15.1. The summed E-state index contributed by atoms with van der Waals surface area (Å²) in [7, 11) is 0. The molecule has 0 saturated carbocycles. The van der Waals surface area contributed by atoms with Gasteiger partial charge in [0.15, 0.2) is 0 Å². The van der Waals surface area contributed by atoms with Crippen LogP contribution in [0.2, 0.25) is 0 Å². The summed E-state index contributed by atoms with van der Waals surface area (Å²) in [5.74, 6) is -0.382. The van der Waals surface area contributed by atoms with Crippen molar-refractivity contribution in [3.63, 3.8) is 0 Å². The molecule has 2 heterocycles. The lowest BCUT2D eigenvalue weighted by molar-refractivity contribution is -0.128. The molecule has 0 spiro atoms. The lowest BCUT2D eigenvalue weighted by Gasteiger charge is -2.09. The fraction of sp³-hybridized carbons (Fsp3) is 0.556. The van der Waals surface area contributed by atoms with Gasteiger partial charge in [0.2, 0.25) is 0 Å². The number of imide groups is 1. The minimum absolute atomic E-state index is 0.0227. The van der Waals surface area contributed by atoms with Crippen molar-refractivity contribution in [2.24, 2.45) is 0 Å². The van der Waals surface area contributed by atoms with Gasteiger partial charge in [0.25, 0.3) is 5.91 Å². The molecule has 1 fully saturated rings. The Morgan fingerprint density at radius 2 is 2.41 bits per heavy atom. The van der Waals surface area contributed by atoms with Crippen molar-refractivity contribution in [3.8, 4) is 0 Å². The highest BCUT2D eigenvalue weighted by atomic mass is 16.6. The van der Waals surface area contributed by atoms with Gasteiger partial charge >= 0.3 is 6.09 Å². The number of carbonyl (C=O) groups excluding carboxylic acids is 2. The summed E-state index contributed by atoms with van der Waals surface area (Å²) in [4.78, 5) is 23.8. The zero-order valence-electron chi connectivity index (χ0n) is 9.07. The van der Waals surface area contributed by atoms with Gasteiger partial charge in [-0.25, -0.2) is 14.4 Å². The molecule has 1 N–H and O–H groups in total. The first-order valence-corrected chi connectivity index (χ1v) is 5.17. The topological polar surface area (TPSA) is 97.6 Å². The highest BCUT2D eigenvalue weighted by molar-refractivity contribution is 5.92. The van der Waals surface area contributed by atoms with Crippen LogP contribution >= 0.6 is 0 Å². The average molecular weight is 240 g/mol. The van der Waals surface area contributed by atoms with E-state index < -0.39 is 6.09 Å². The van der Waals surface area contributed by atoms with Crippen LogP contribution in [0.4, 0.5) is 4.79 Å². The highest BCUT2D eigenvalue weighted by Gasteiger charge is 2.28. The van der Waals surface area contributed by atoms with Crippen LogP contribution in [-0.2, 0) is 22.5 Å². The van der Waals surface area contributed by atoms with E-state index in [1.54, 1.807) is 6.20 Å². The fourth-order valence-electron chi connectivity index (χ4n) is 1.49. The Balaban J connectivity index is 1.95. The number of hydrogen-bond acceptors (Lipinski definition) is 6. The number of aliphatic hydroxyl groups excluding tert-OH is 1. The summed E-state index contributed by atoms with van der Waals surface area (Å²) >= 11 is 0. The van der Waals surface area contributed by atoms with Crippen molar-refractivity contribution in [1.82, 2.24) is 19.9 Å². The minimum atomic E-state index is -0.620. The van der Waals surface area contributed by atoms with Gasteiger partial charge in [-0.3, -0.25) is 4.79 Å². The molecule has 8 nitrogen and oxygen atoms in total. The second kappa shape index (κ2) is 4.91. The van der Waals surface area contributed by atoms with Gasteiger partial charge in [0.05, 0.1) is 12.2 Å². The third-order valence-electron chi connectivity index (χ3n) is 2.31. The van der Waals surface area contributed by atoms with Crippen molar-refractivity contribution in [1.29, 1.82) is 0 Å². The molecule has 0 unspecified atom stereocenters. The zero-order valence-corrected chi connectivity index (χ0v) is 9.07. The first kappa shape index (κ1) is 11.5. The molecule has 17 heavy (non-hydrogen) atoms. The van der Waals surface area contributed by atoms with Crippen molar-refractivity contribution >= 4 is 12.0 Å². The molecule has 1 aromatic heterocycles. The van der Waals surface area contributed by atoms with Crippen LogP contribution in [0.3, 0.4) is 0 Å². The van der Waals surface area contributed by atoms with Crippen molar-refractivity contribution < 1.29 is 19.4 Å². The molecule has 1 aliphatic heterocycles. The van der Waals surface area contributed by atoms with Crippen LogP contribution in [0.15, 0.2) is 6.20 Å². The van der Waals surface area contributed by atoms with E-state index in [-0.39, 0.29) is 32.2 Å². The third kappa shape index (κ3) is 2.59. The Bertz CT molecular complexity index is 430. The molecular formula is C9H12N4O4. The maximum atomic E-state index is 11.7. The van der Waals surface area contributed by atoms with E-state index in [0.717, 1.165) is 4.90 Å². The summed E-state index contributed by atoms with van der Waals surface area (Å²) in [6, 6.07) is 0. The molecule has 0 bridgehead atoms. The van der Waals surface area contributed by atoms with E-state index in [1.807, 2.05) is 0 Å². The quantitative estimate of drug-likeness (QED) is 0.709. The number of cyclic esters (lactones) is 1. The number of rotatable bonds is 4. The van der Waals surface area contributed by atoms with Gasteiger partial charge in [-0.1, -0.05) is 5.21 Å². The molecule has 8 heteroatoms. The smallest absolute Gasteiger partial charge is 0.416 e. The van der Waals surface area contributed by atoms with Crippen LogP contribution in [0.1, 0.15) is 5.69 Å². The van der Waals surface area contributed by atoms with Crippen molar-refractivity contribution in [2.75, 3.05) is 19.8 Å².